The molecule has 0 bridgehead atoms. The summed E-state index contributed by atoms with van der Waals surface area (Å²) >= 11 is 0. The summed E-state index contributed by atoms with van der Waals surface area (Å²) < 4.78 is 25.8. The molecule has 4 rings (SSSR count). The summed E-state index contributed by atoms with van der Waals surface area (Å²) in [5, 5.41) is 23.5. The van der Waals surface area contributed by atoms with Crippen LogP contribution in [-0.2, 0) is 26.2 Å². The Kier molecular flexibility index (Phi) is 8.63. The number of carbonyl (C=O) groups is 2. The Morgan fingerprint density at radius 3 is 2.54 bits per heavy atom. The third-order valence-corrected chi connectivity index (χ3v) is 7.16. The highest BCUT2D eigenvalue weighted by molar-refractivity contribution is 7.92. The van der Waals surface area contributed by atoms with Crippen molar-refractivity contribution in [2.75, 3.05) is 17.5 Å². The van der Waals surface area contributed by atoms with E-state index in [0.29, 0.717) is 29.1 Å². The quantitative estimate of drug-likeness (QED) is 0.318. The first-order valence-corrected chi connectivity index (χ1v) is 14.5. The van der Waals surface area contributed by atoms with Gasteiger partial charge in [-0.2, -0.15) is 0 Å². The number of benzene rings is 2. The fraction of sp³-hybridized carbons (Fsp3) is 0.321. The van der Waals surface area contributed by atoms with Gasteiger partial charge in [-0.1, -0.05) is 54.1 Å². The summed E-state index contributed by atoms with van der Waals surface area (Å²) in [5.74, 6) is -1.57. The van der Waals surface area contributed by atoms with Crippen LogP contribution in [0.15, 0.2) is 66.9 Å². The van der Waals surface area contributed by atoms with Gasteiger partial charge >= 0.3 is 0 Å². The number of carbonyl (C=O) groups excluding carboxylic acids is 2. The lowest BCUT2D eigenvalue weighted by Crippen LogP contribution is -2.50. The zero-order valence-electron chi connectivity index (χ0n) is 21.7. The van der Waals surface area contributed by atoms with Crippen molar-refractivity contribution in [3.05, 3.63) is 83.6 Å². The van der Waals surface area contributed by atoms with E-state index in [0.717, 1.165) is 30.2 Å². The van der Waals surface area contributed by atoms with Crippen molar-refractivity contribution in [2.24, 2.45) is 0 Å². The van der Waals surface area contributed by atoms with E-state index < -0.39 is 34.0 Å². The molecule has 0 radical (unpaired) electrons. The molecule has 206 valence electrons. The minimum atomic E-state index is -3.48. The van der Waals surface area contributed by atoms with Crippen molar-refractivity contribution in [3.8, 4) is 11.3 Å². The van der Waals surface area contributed by atoms with Crippen LogP contribution in [0.1, 0.15) is 35.6 Å². The van der Waals surface area contributed by atoms with Crippen LogP contribution >= 0.6 is 0 Å². The minimum absolute atomic E-state index is 0.00293. The molecule has 1 fully saturated rings. The Morgan fingerprint density at radius 1 is 1.08 bits per heavy atom. The van der Waals surface area contributed by atoms with Crippen LogP contribution in [0.25, 0.3) is 11.3 Å². The summed E-state index contributed by atoms with van der Waals surface area (Å²) in [4.78, 5) is 31.5. The normalized spacial score (nSPS) is 16.9. The molecule has 10 nitrogen and oxygen atoms in total. The molecular formula is C28H32N4O6S. The van der Waals surface area contributed by atoms with E-state index in [1.165, 1.54) is 11.1 Å². The van der Waals surface area contributed by atoms with E-state index in [2.05, 4.69) is 15.0 Å². The van der Waals surface area contributed by atoms with E-state index in [-0.39, 0.29) is 12.6 Å². The molecule has 1 aliphatic rings. The first-order chi connectivity index (χ1) is 18.5. The monoisotopic (exact) mass is 552 g/mol. The summed E-state index contributed by atoms with van der Waals surface area (Å²) in [6.07, 6.45) is 0.249. The average Bonchev–Trinajstić information content (AvgIpc) is 3.40. The number of aliphatic hydroxyl groups excluding tert-OH is 2. The molecule has 2 heterocycles. The van der Waals surface area contributed by atoms with Gasteiger partial charge in [0.1, 0.15) is 0 Å². The summed E-state index contributed by atoms with van der Waals surface area (Å²) in [7, 11) is -3.48. The zero-order valence-corrected chi connectivity index (χ0v) is 22.6. The third kappa shape index (κ3) is 6.99. The lowest BCUT2D eigenvalue weighted by molar-refractivity contribution is -0.153. The number of para-hydroxylation sites is 1. The molecule has 1 aromatic heterocycles. The highest BCUT2D eigenvalue weighted by Gasteiger charge is 2.38. The van der Waals surface area contributed by atoms with E-state index in [1.54, 1.807) is 36.4 Å². The van der Waals surface area contributed by atoms with Crippen molar-refractivity contribution < 1.29 is 28.2 Å². The molecule has 1 aliphatic heterocycles. The molecule has 0 aliphatic carbocycles. The molecular weight excluding hydrogens is 520 g/mol. The second kappa shape index (κ2) is 11.9. The van der Waals surface area contributed by atoms with E-state index >= 15 is 0 Å². The number of nitrogens with zero attached hydrogens (tertiary/aromatic N) is 2. The van der Waals surface area contributed by atoms with Gasteiger partial charge in [0, 0.05) is 24.8 Å². The van der Waals surface area contributed by atoms with E-state index in [1.807, 2.05) is 31.2 Å². The predicted molar refractivity (Wildman–Crippen MR) is 147 cm³/mol. The Labute approximate surface area is 227 Å². The second-order valence-corrected chi connectivity index (χ2v) is 11.4. The number of anilines is 1. The number of aromatic nitrogens is 1. The molecule has 1 saturated heterocycles. The number of pyridine rings is 1. The molecule has 4 N–H and O–H groups in total. The molecule has 3 atom stereocenters. The zero-order chi connectivity index (χ0) is 28.2. The number of sulfonamides is 1. The van der Waals surface area contributed by atoms with Crippen LogP contribution in [-0.4, -0.2) is 65.3 Å². The summed E-state index contributed by atoms with van der Waals surface area (Å²) in [6, 6.07) is 17.8. The number of aryl methyl sites for hydroxylation is 1. The Hall–Kier alpha value is -3.80. The topological polar surface area (TPSA) is 149 Å². The molecule has 11 heteroatoms. The van der Waals surface area contributed by atoms with Crippen LogP contribution < -0.4 is 10.0 Å². The van der Waals surface area contributed by atoms with Gasteiger partial charge in [-0.25, -0.2) is 8.42 Å². The predicted octanol–water partition coefficient (Wildman–Crippen LogP) is 2.13. The number of nitrogens with one attached hydrogen (secondary N) is 2. The highest BCUT2D eigenvalue weighted by atomic mass is 32.2. The van der Waals surface area contributed by atoms with Gasteiger partial charge in [0.05, 0.1) is 23.7 Å². The largest absolute Gasteiger partial charge is 0.380 e. The van der Waals surface area contributed by atoms with Crippen molar-refractivity contribution in [2.45, 2.75) is 44.6 Å². The highest BCUT2D eigenvalue weighted by Crippen LogP contribution is 2.33. The van der Waals surface area contributed by atoms with Crippen LogP contribution in [0.3, 0.4) is 0 Å². The number of likely N-dealkylation sites (tertiary alicyclic amines) is 1. The lowest BCUT2D eigenvalue weighted by atomic mass is 10.0. The van der Waals surface area contributed by atoms with Crippen molar-refractivity contribution in [3.63, 3.8) is 0 Å². The molecule has 3 aromatic rings. The standard InChI is InChI=1S/C28H32N4O6S/c1-18-7-5-8-20(15-18)24-11-6-14-32(24)28(36)26(34)25(33)27(35)30-17-19-12-13-22(29-16-19)21-9-3-4-10-23(21)31-39(2,37)38/h3-5,7-10,12-13,15-16,24-26,31,33-34H,6,11,14,17H2,1-2H3,(H,30,35)/t24?,25-,26-/m1/s1. The molecule has 1 unspecified atom stereocenters. The van der Waals surface area contributed by atoms with Crippen LogP contribution in [0.2, 0.25) is 0 Å². The van der Waals surface area contributed by atoms with Gasteiger partial charge in [-0.3, -0.25) is 19.3 Å². The van der Waals surface area contributed by atoms with E-state index in [9.17, 15) is 28.2 Å². The Bertz CT molecular complexity index is 1440. The molecule has 2 amide bonds. The van der Waals surface area contributed by atoms with Crippen molar-refractivity contribution >= 4 is 27.5 Å². The number of hydrogen-bond donors (Lipinski definition) is 4. The minimum Gasteiger partial charge on any atom is -0.380 e. The average molecular weight is 553 g/mol. The summed E-state index contributed by atoms with van der Waals surface area (Å²) in [6.45, 7) is 2.40. The Balaban J connectivity index is 1.36. The smallest absolute Gasteiger partial charge is 0.255 e. The fourth-order valence-electron chi connectivity index (χ4n) is 4.68. The van der Waals surface area contributed by atoms with Crippen molar-refractivity contribution in [1.82, 2.24) is 15.2 Å². The molecule has 0 saturated carbocycles. The van der Waals surface area contributed by atoms with Gasteiger partial charge in [0.15, 0.2) is 12.2 Å². The number of rotatable bonds is 9. The lowest BCUT2D eigenvalue weighted by Gasteiger charge is -2.28. The van der Waals surface area contributed by atoms with Gasteiger partial charge in [-0.05, 0) is 43.0 Å². The van der Waals surface area contributed by atoms with Crippen molar-refractivity contribution in [1.29, 1.82) is 0 Å². The van der Waals surface area contributed by atoms with Crippen LogP contribution in [0, 0.1) is 6.92 Å². The molecule has 0 spiro atoms. The van der Waals surface area contributed by atoms with Crippen LogP contribution in [0.4, 0.5) is 5.69 Å². The van der Waals surface area contributed by atoms with Crippen LogP contribution in [0.5, 0.6) is 0 Å². The van der Waals surface area contributed by atoms with E-state index in [4.69, 9.17) is 0 Å². The Morgan fingerprint density at radius 2 is 1.85 bits per heavy atom. The SMILES string of the molecule is Cc1cccc(C2CCCN2C(=O)[C@H](O)[C@@H](O)C(=O)NCc2ccc(-c3ccccc3NS(C)(=O)=O)nc2)c1. The maximum absolute atomic E-state index is 13.0. The first-order valence-electron chi connectivity index (χ1n) is 12.6. The molecule has 2 aromatic carbocycles. The number of aliphatic hydroxyl groups is 2. The number of amides is 2. The van der Waals surface area contributed by atoms with Gasteiger partial charge in [0.2, 0.25) is 10.0 Å². The first kappa shape index (κ1) is 28.2. The molecule has 39 heavy (non-hydrogen) atoms. The maximum Gasteiger partial charge on any atom is 0.255 e. The maximum atomic E-state index is 13.0. The van der Waals surface area contributed by atoms with Gasteiger partial charge in [0.25, 0.3) is 11.8 Å². The third-order valence-electron chi connectivity index (χ3n) is 6.57. The summed E-state index contributed by atoms with van der Waals surface area (Å²) in [5.41, 5.74) is 4.11. The van der Waals surface area contributed by atoms with Gasteiger partial charge < -0.3 is 20.4 Å². The fourth-order valence-corrected chi connectivity index (χ4v) is 5.26. The van der Waals surface area contributed by atoms with Gasteiger partial charge in [-0.15, -0.1) is 0 Å². The number of hydrogen-bond acceptors (Lipinski definition) is 7. The second-order valence-electron chi connectivity index (χ2n) is 9.68.